The van der Waals surface area contributed by atoms with E-state index in [4.69, 9.17) is 20.2 Å². The van der Waals surface area contributed by atoms with E-state index in [1.807, 2.05) is 0 Å². The molecule has 1 atom stereocenters. The van der Waals surface area contributed by atoms with E-state index in [-0.39, 0.29) is 13.0 Å². The molecule has 0 heterocycles. The second kappa shape index (κ2) is 3.69. The van der Waals surface area contributed by atoms with Crippen molar-refractivity contribution in [3.8, 4) is 6.07 Å². The molecule has 0 fully saturated rings. The van der Waals surface area contributed by atoms with Crippen molar-refractivity contribution in [1.29, 1.82) is 5.26 Å². The van der Waals surface area contributed by atoms with Crippen molar-refractivity contribution in [2.75, 3.05) is 6.61 Å². The zero-order valence-electron chi connectivity index (χ0n) is 5.14. The molecule has 0 aliphatic rings. The highest BCUT2D eigenvalue weighted by molar-refractivity contribution is 7.52. The molecule has 0 saturated carbocycles. The highest BCUT2D eigenvalue weighted by Gasteiger charge is 2.27. The third-order valence-electron chi connectivity index (χ3n) is 0.958. The summed E-state index contributed by atoms with van der Waals surface area (Å²) in [5.74, 6) is 0. The molecule has 0 aromatic carbocycles. The Balaban J connectivity index is 4.12. The minimum Gasteiger partial charge on any atom is -0.396 e. The van der Waals surface area contributed by atoms with Crippen molar-refractivity contribution in [2.45, 2.75) is 12.1 Å². The summed E-state index contributed by atoms with van der Waals surface area (Å²) in [6.07, 6.45) is -0.180. The average Bonchev–Trinajstić information content (AvgIpc) is 1.80. The van der Waals surface area contributed by atoms with Gasteiger partial charge in [0, 0.05) is 6.61 Å². The summed E-state index contributed by atoms with van der Waals surface area (Å²) in [6.45, 7) is -0.386. The molecule has 0 aliphatic heterocycles. The summed E-state index contributed by atoms with van der Waals surface area (Å²) >= 11 is 0. The molecule has 5 nitrogen and oxygen atoms in total. The van der Waals surface area contributed by atoms with Crippen molar-refractivity contribution in [3.63, 3.8) is 0 Å². The molecule has 0 amide bonds. The molecule has 0 bridgehead atoms. The molecule has 0 radical (unpaired) electrons. The zero-order valence-corrected chi connectivity index (χ0v) is 6.03. The predicted octanol–water partition coefficient (Wildman–Crippen LogP) is -0.561. The normalized spacial score (nSPS) is 14.2. The van der Waals surface area contributed by atoms with Gasteiger partial charge in [-0.3, -0.25) is 4.57 Å². The fourth-order valence-corrected chi connectivity index (χ4v) is 1.03. The standard InChI is InChI=1S/C4H8NO4P/c5-3-4(1-2-6)10(7,8)9/h4,6H,1-2H2,(H2,7,8,9). The van der Waals surface area contributed by atoms with Crippen LogP contribution in [0.2, 0.25) is 0 Å². The first kappa shape index (κ1) is 9.60. The van der Waals surface area contributed by atoms with E-state index in [0.29, 0.717) is 0 Å². The molecule has 0 aliphatic carbocycles. The van der Waals surface area contributed by atoms with Gasteiger partial charge in [0.05, 0.1) is 6.07 Å². The van der Waals surface area contributed by atoms with Gasteiger partial charge in [-0.25, -0.2) is 0 Å². The van der Waals surface area contributed by atoms with Gasteiger partial charge >= 0.3 is 7.60 Å². The number of hydrogen-bond acceptors (Lipinski definition) is 3. The summed E-state index contributed by atoms with van der Waals surface area (Å²) in [5, 5.41) is 16.4. The maximum atomic E-state index is 10.3. The Bertz CT molecular complexity index is 180. The minimum atomic E-state index is -4.31. The first-order chi connectivity index (χ1) is 4.52. The Labute approximate surface area is 58.1 Å². The van der Waals surface area contributed by atoms with Crippen molar-refractivity contribution in [2.24, 2.45) is 0 Å². The van der Waals surface area contributed by atoms with Gasteiger partial charge in [-0.2, -0.15) is 5.26 Å². The number of nitrogens with zero attached hydrogens (tertiary/aromatic N) is 1. The molecule has 3 N–H and O–H groups in total. The monoisotopic (exact) mass is 165 g/mol. The molecule has 0 saturated heterocycles. The molecular weight excluding hydrogens is 157 g/mol. The lowest BCUT2D eigenvalue weighted by atomic mass is 10.3. The summed E-state index contributed by atoms with van der Waals surface area (Å²) in [6, 6.07) is 1.42. The lowest BCUT2D eigenvalue weighted by molar-refractivity contribution is 0.281. The Morgan fingerprint density at radius 1 is 1.60 bits per heavy atom. The maximum absolute atomic E-state index is 10.3. The third-order valence-corrected chi connectivity index (χ3v) is 2.14. The number of nitriles is 1. The van der Waals surface area contributed by atoms with Crippen LogP contribution in [0.15, 0.2) is 0 Å². The SMILES string of the molecule is N#CC(CCO)P(=O)(O)O. The number of aliphatic hydroxyl groups is 1. The van der Waals surface area contributed by atoms with Crippen LogP contribution in [0.25, 0.3) is 0 Å². The quantitative estimate of drug-likeness (QED) is 0.486. The van der Waals surface area contributed by atoms with E-state index in [0.717, 1.165) is 0 Å². The molecule has 0 spiro atoms. The van der Waals surface area contributed by atoms with Gasteiger partial charge in [0.1, 0.15) is 5.66 Å². The largest absolute Gasteiger partial charge is 0.396 e. The lowest BCUT2D eigenvalue weighted by Crippen LogP contribution is -2.07. The van der Waals surface area contributed by atoms with Gasteiger partial charge in [-0.05, 0) is 6.42 Å². The summed E-state index contributed by atoms with van der Waals surface area (Å²) in [5.41, 5.74) is -1.36. The second-order valence-electron chi connectivity index (χ2n) is 1.75. The molecule has 0 aromatic rings. The Kier molecular flexibility index (Phi) is 3.54. The van der Waals surface area contributed by atoms with Crippen LogP contribution < -0.4 is 0 Å². The van der Waals surface area contributed by atoms with Crippen LogP contribution >= 0.6 is 7.60 Å². The molecular formula is C4H8NO4P. The molecule has 6 heteroatoms. The van der Waals surface area contributed by atoms with Gasteiger partial charge < -0.3 is 14.9 Å². The van der Waals surface area contributed by atoms with Crippen LogP contribution in [0.3, 0.4) is 0 Å². The Morgan fingerprint density at radius 3 is 2.20 bits per heavy atom. The van der Waals surface area contributed by atoms with Crippen LogP contribution in [-0.4, -0.2) is 27.2 Å². The van der Waals surface area contributed by atoms with E-state index in [1.54, 1.807) is 0 Å². The van der Waals surface area contributed by atoms with Crippen LogP contribution in [-0.2, 0) is 4.57 Å². The topological polar surface area (TPSA) is 102 Å². The zero-order chi connectivity index (χ0) is 8.20. The van der Waals surface area contributed by atoms with Crippen LogP contribution in [0.1, 0.15) is 6.42 Å². The molecule has 0 aromatic heterocycles. The lowest BCUT2D eigenvalue weighted by Gasteiger charge is -2.07. The van der Waals surface area contributed by atoms with E-state index in [9.17, 15) is 4.57 Å². The number of rotatable bonds is 3. The van der Waals surface area contributed by atoms with Crippen molar-refractivity contribution >= 4 is 7.60 Å². The van der Waals surface area contributed by atoms with Gasteiger partial charge in [-0.15, -0.1) is 0 Å². The third kappa shape index (κ3) is 2.95. The number of aliphatic hydroxyl groups excluding tert-OH is 1. The van der Waals surface area contributed by atoms with Crippen molar-refractivity contribution < 1.29 is 19.5 Å². The van der Waals surface area contributed by atoms with Gasteiger partial charge in [0.2, 0.25) is 0 Å². The smallest absolute Gasteiger partial charge is 0.342 e. The maximum Gasteiger partial charge on any atom is 0.342 e. The van der Waals surface area contributed by atoms with Gasteiger partial charge in [-0.1, -0.05) is 0 Å². The van der Waals surface area contributed by atoms with E-state index >= 15 is 0 Å². The van der Waals surface area contributed by atoms with E-state index in [2.05, 4.69) is 0 Å². The molecule has 1 unspecified atom stereocenters. The van der Waals surface area contributed by atoms with Crippen LogP contribution in [0, 0.1) is 11.3 Å². The molecule has 0 rings (SSSR count). The summed E-state index contributed by atoms with van der Waals surface area (Å²) < 4.78 is 10.3. The second-order valence-corrected chi connectivity index (χ2v) is 3.55. The average molecular weight is 165 g/mol. The fraction of sp³-hybridized carbons (Fsp3) is 0.750. The Morgan fingerprint density at radius 2 is 2.10 bits per heavy atom. The summed E-state index contributed by atoms with van der Waals surface area (Å²) in [7, 11) is -4.31. The first-order valence-corrected chi connectivity index (χ1v) is 4.26. The summed E-state index contributed by atoms with van der Waals surface area (Å²) in [4.78, 5) is 16.8. The first-order valence-electron chi connectivity index (χ1n) is 2.58. The fourth-order valence-electron chi connectivity index (χ4n) is 0.430. The molecule has 58 valence electrons. The number of hydrogen-bond donors (Lipinski definition) is 3. The molecule has 10 heavy (non-hydrogen) atoms. The van der Waals surface area contributed by atoms with E-state index < -0.39 is 13.3 Å². The van der Waals surface area contributed by atoms with Gasteiger partial charge in [0.25, 0.3) is 0 Å². The van der Waals surface area contributed by atoms with Crippen LogP contribution in [0.5, 0.6) is 0 Å². The van der Waals surface area contributed by atoms with Crippen molar-refractivity contribution in [3.05, 3.63) is 0 Å². The Hall–Kier alpha value is -0.400. The van der Waals surface area contributed by atoms with Gasteiger partial charge in [0.15, 0.2) is 0 Å². The predicted molar refractivity (Wildman–Crippen MR) is 33.1 cm³/mol. The van der Waals surface area contributed by atoms with Crippen LogP contribution in [0.4, 0.5) is 0 Å². The van der Waals surface area contributed by atoms with E-state index in [1.165, 1.54) is 6.07 Å². The highest BCUT2D eigenvalue weighted by Crippen LogP contribution is 2.42. The highest BCUT2D eigenvalue weighted by atomic mass is 31.2. The van der Waals surface area contributed by atoms with Crippen molar-refractivity contribution in [1.82, 2.24) is 0 Å². The minimum absolute atomic E-state index is 0.180.